The number of phenolic OH excluding ortho intramolecular Hbond substituents is 1. The Morgan fingerprint density at radius 2 is 1.94 bits per heavy atom. The summed E-state index contributed by atoms with van der Waals surface area (Å²) in [5.41, 5.74) is 1.12. The molecular formula is C12H17Br2NO2. The summed E-state index contributed by atoms with van der Waals surface area (Å²) in [6.45, 7) is 3.66. The molecule has 5 heteroatoms. The van der Waals surface area contributed by atoms with Gasteiger partial charge in [-0.1, -0.05) is 0 Å². The molecule has 96 valence electrons. The summed E-state index contributed by atoms with van der Waals surface area (Å²) in [4.78, 5) is 0. The Kier molecular flexibility index (Phi) is 6.48. The van der Waals surface area contributed by atoms with Gasteiger partial charge in [0.2, 0.25) is 0 Å². The fourth-order valence-corrected chi connectivity index (χ4v) is 2.69. The average Bonchev–Trinajstić information content (AvgIpc) is 2.30. The summed E-state index contributed by atoms with van der Waals surface area (Å²) >= 11 is 6.64. The molecule has 0 spiro atoms. The van der Waals surface area contributed by atoms with Crippen LogP contribution in [0.5, 0.6) is 5.75 Å². The summed E-state index contributed by atoms with van der Waals surface area (Å²) in [6.07, 6.45) is 0.983. The van der Waals surface area contributed by atoms with Crippen molar-refractivity contribution in [3.8, 4) is 5.75 Å². The first-order valence-corrected chi connectivity index (χ1v) is 7.02. The zero-order valence-corrected chi connectivity index (χ0v) is 13.1. The van der Waals surface area contributed by atoms with Crippen LogP contribution in [0, 0.1) is 0 Å². The number of ether oxygens (including phenoxy) is 1. The minimum atomic E-state index is 0.237. The Balaban J connectivity index is 2.52. The van der Waals surface area contributed by atoms with Crippen molar-refractivity contribution in [2.75, 3.05) is 13.7 Å². The number of hydrogen-bond acceptors (Lipinski definition) is 3. The van der Waals surface area contributed by atoms with Gasteiger partial charge in [0.15, 0.2) is 0 Å². The lowest BCUT2D eigenvalue weighted by Crippen LogP contribution is -2.26. The van der Waals surface area contributed by atoms with Crippen molar-refractivity contribution < 1.29 is 9.84 Å². The Hall–Kier alpha value is -0.100. The molecule has 0 aromatic heterocycles. The average molecular weight is 367 g/mol. The van der Waals surface area contributed by atoms with Gasteiger partial charge in [0, 0.05) is 26.3 Å². The van der Waals surface area contributed by atoms with Crippen LogP contribution in [0.25, 0.3) is 0 Å². The van der Waals surface area contributed by atoms with Crippen molar-refractivity contribution >= 4 is 31.9 Å². The second kappa shape index (κ2) is 7.36. The molecule has 1 atom stereocenters. The second-order valence-corrected chi connectivity index (χ2v) is 5.68. The lowest BCUT2D eigenvalue weighted by molar-refractivity contribution is 0.184. The first-order valence-electron chi connectivity index (χ1n) is 5.43. The van der Waals surface area contributed by atoms with E-state index >= 15 is 0 Å². The van der Waals surface area contributed by atoms with Crippen LogP contribution in [0.15, 0.2) is 21.1 Å². The number of rotatable bonds is 6. The molecular weight excluding hydrogens is 350 g/mol. The van der Waals surface area contributed by atoms with Crippen LogP contribution in [0.3, 0.4) is 0 Å². The molecule has 0 aliphatic carbocycles. The normalized spacial score (nSPS) is 12.7. The highest BCUT2D eigenvalue weighted by Crippen LogP contribution is 2.33. The van der Waals surface area contributed by atoms with E-state index in [9.17, 15) is 5.11 Å². The Morgan fingerprint density at radius 1 is 1.35 bits per heavy atom. The van der Waals surface area contributed by atoms with E-state index in [4.69, 9.17) is 4.74 Å². The van der Waals surface area contributed by atoms with Gasteiger partial charge in [-0.15, -0.1) is 0 Å². The standard InChI is InChI=1S/C12H17Br2NO2/c1-8(3-4-17-2)15-7-9-5-10(13)12(16)11(14)6-9/h5-6,8,15-16H,3-4,7H2,1-2H3. The summed E-state index contributed by atoms with van der Waals surface area (Å²) in [5.74, 6) is 0.237. The summed E-state index contributed by atoms with van der Waals surface area (Å²) < 4.78 is 6.43. The SMILES string of the molecule is COCCC(C)NCc1cc(Br)c(O)c(Br)c1. The first kappa shape index (κ1) is 15.0. The molecule has 0 saturated heterocycles. The highest BCUT2D eigenvalue weighted by molar-refractivity contribution is 9.11. The molecule has 1 aromatic carbocycles. The van der Waals surface area contributed by atoms with E-state index in [1.807, 2.05) is 12.1 Å². The lowest BCUT2D eigenvalue weighted by Gasteiger charge is -2.14. The summed E-state index contributed by atoms with van der Waals surface area (Å²) in [6, 6.07) is 4.23. The third-order valence-corrected chi connectivity index (χ3v) is 3.70. The van der Waals surface area contributed by atoms with E-state index in [2.05, 4.69) is 44.1 Å². The number of phenols is 1. The van der Waals surface area contributed by atoms with Gasteiger partial charge in [-0.25, -0.2) is 0 Å². The van der Waals surface area contributed by atoms with Crippen LogP contribution in [0.2, 0.25) is 0 Å². The van der Waals surface area contributed by atoms with Gasteiger partial charge in [-0.05, 0) is 62.9 Å². The smallest absolute Gasteiger partial charge is 0.143 e. The highest BCUT2D eigenvalue weighted by Gasteiger charge is 2.07. The number of aromatic hydroxyl groups is 1. The first-order chi connectivity index (χ1) is 8.04. The molecule has 0 fully saturated rings. The van der Waals surface area contributed by atoms with E-state index in [0.29, 0.717) is 15.0 Å². The predicted molar refractivity (Wildman–Crippen MR) is 76.3 cm³/mol. The molecule has 17 heavy (non-hydrogen) atoms. The van der Waals surface area contributed by atoms with Crippen LogP contribution < -0.4 is 5.32 Å². The van der Waals surface area contributed by atoms with Crippen molar-refractivity contribution in [1.29, 1.82) is 0 Å². The number of methoxy groups -OCH3 is 1. The maximum absolute atomic E-state index is 9.59. The molecule has 2 N–H and O–H groups in total. The Bertz CT molecular complexity index is 349. The van der Waals surface area contributed by atoms with Crippen molar-refractivity contribution in [2.24, 2.45) is 0 Å². The zero-order valence-electron chi connectivity index (χ0n) is 9.96. The second-order valence-electron chi connectivity index (χ2n) is 3.97. The van der Waals surface area contributed by atoms with Crippen LogP contribution >= 0.6 is 31.9 Å². The number of nitrogens with one attached hydrogen (secondary N) is 1. The molecule has 0 aliphatic rings. The zero-order chi connectivity index (χ0) is 12.8. The van der Waals surface area contributed by atoms with E-state index in [-0.39, 0.29) is 5.75 Å². The Labute approximate surface area is 119 Å². The molecule has 0 amide bonds. The maximum atomic E-state index is 9.59. The van der Waals surface area contributed by atoms with Crippen molar-refractivity contribution in [3.63, 3.8) is 0 Å². The molecule has 0 radical (unpaired) electrons. The lowest BCUT2D eigenvalue weighted by atomic mass is 10.2. The fourth-order valence-electron chi connectivity index (χ4n) is 1.41. The van der Waals surface area contributed by atoms with Crippen molar-refractivity contribution in [1.82, 2.24) is 5.32 Å². The van der Waals surface area contributed by atoms with E-state index in [1.165, 1.54) is 0 Å². The van der Waals surface area contributed by atoms with Gasteiger partial charge in [-0.2, -0.15) is 0 Å². The third-order valence-electron chi connectivity index (χ3n) is 2.49. The van der Waals surface area contributed by atoms with Gasteiger partial charge in [0.25, 0.3) is 0 Å². The van der Waals surface area contributed by atoms with Gasteiger partial charge < -0.3 is 15.2 Å². The minimum absolute atomic E-state index is 0.237. The van der Waals surface area contributed by atoms with Crippen LogP contribution in [0.4, 0.5) is 0 Å². The minimum Gasteiger partial charge on any atom is -0.506 e. The number of hydrogen-bond donors (Lipinski definition) is 2. The van der Waals surface area contributed by atoms with Gasteiger partial charge in [0.1, 0.15) is 5.75 Å². The van der Waals surface area contributed by atoms with E-state index < -0.39 is 0 Å². The monoisotopic (exact) mass is 365 g/mol. The van der Waals surface area contributed by atoms with Crippen molar-refractivity contribution in [2.45, 2.75) is 25.9 Å². The summed E-state index contributed by atoms with van der Waals surface area (Å²) in [5, 5.41) is 13.0. The van der Waals surface area contributed by atoms with Crippen LogP contribution in [0.1, 0.15) is 18.9 Å². The molecule has 0 saturated carbocycles. The van der Waals surface area contributed by atoms with Gasteiger partial charge in [0.05, 0.1) is 8.95 Å². The molecule has 0 bridgehead atoms. The molecule has 1 unspecified atom stereocenters. The quantitative estimate of drug-likeness (QED) is 0.810. The Morgan fingerprint density at radius 3 is 2.47 bits per heavy atom. The molecule has 0 heterocycles. The topological polar surface area (TPSA) is 41.5 Å². The van der Waals surface area contributed by atoms with Gasteiger partial charge >= 0.3 is 0 Å². The highest BCUT2D eigenvalue weighted by atomic mass is 79.9. The fraction of sp³-hybridized carbons (Fsp3) is 0.500. The van der Waals surface area contributed by atoms with E-state index in [1.54, 1.807) is 7.11 Å². The predicted octanol–water partition coefficient (Wildman–Crippen LogP) is 3.43. The number of halogens is 2. The largest absolute Gasteiger partial charge is 0.506 e. The molecule has 1 aromatic rings. The van der Waals surface area contributed by atoms with Crippen molar-refractivity contribution in [3.05, 3.63) is 26.6 Å². The van der Waals surface area contributed by atoms with Crippen LogP contribution in [-0.2, 0) is 11.3 Å². The third kappa shape index (κ3) is 4.95. The maximum Gasteiger partial charge on any atom is 0.143 e. The van der Waals surface area contributed by atoms with Crippen LogP contribution in [-0.4, -0.2) is 24.9 Å². The summed E-state index contributed by atoms with van der Waals surface area (Å²) in [7, 11) is 1.71. The van der Waals surface area contributed by atoms with E-state index in [0.717, 1.165) is 25.1 Å². The number of benzene rings is 1. The molecule has 1 rings (SSSR count). The van der Waals surface area contributed by atoms with Gasteiger partial charge in [-0.3, -0.25) is 0 Å². The molecule has 0 aliphatic heterocycles. The molecule has 3 nitrogen and oxygen atoms in total.